The van der Waals surface area contributed by atoms with Gasteiger partial charge in [0.05, 0.1) is 11.9 Å². The number of anilines is 1. The maximum atomic E-state index is 13.1. The van der Waals surface area contributed by atoms with Crippen molar-refractivity contribution < 1.29 is 9.18 Å². The van der Waals surface area contributed by atoms with Crippen molar-refractivity contribution in [3.8, 4) is 0 Å². The molecule has 1 aromatic carbocycles. The topological polar surface area (TPSA) is 70.2 Å². The van der Waals surface area contributed by atoms with E-state index in [1.54, 1.807) is 19.2 Å². The molecule has 1 aliphatic heterocycles. The third-order valence-electron chi connectivity index (χ3n) is 4.51. The van der Waals surface area contributed by atoms with Crippen molar-refractivity contribution in [1.29, 1.82) is 0 Å². The molecule has 2 heterocycles. The van der Waals surface area contributed by atoms with Crippen molar-refractivity contribution in [2.45, 2.75) is 19.3 Å². The van der Waals surface area contributed by atoms with Crippen molar-refractivity contribution in [1.82, 2.24) is 20.2 Å². The van der Waals surface area contributed by atoms with E-state index in [9.17, 15) is 9.18 Å². The minimum atomic E-state index is -0.276. The third kappa shape index (κ3) is 4.76. The van der Waals surface area contributed by atoms with Gasteiger partial charge in [0, 0.05) is 26.6 Å². The van der Waals surface area contributed by atoms with Crippen LogP contribution in [0.1, 0.15) is 34.6 Å². The Labute approximate surface area is 152 Å². The summed E-state index contributed by atoms with van der Waals surface area (Å²) < 4.78 is 13.1. The molecular weight excluding hydrogens is 333 g/mol. The number of hydrogen-bond acceptors (Lipinski definition) is 5. The minimum absolute atomic E-state index is 0.273. The van der Waals surface area contributed by atoms with E-state index in [1.165, 1.54) is 31.2 Å². The summed E-state index contributed by atoms with van der Waals surface area (Å²) in [4.78, 5) is 23.2. The van der Waals surface area contributed by atoms with Crippen LogP contribution in [0.5, 0.6) is 0 Å². The van der Waals surface area contributed by atoms with Crippen LogP contribution in [0.2, 0.25) is 0 Å². The first kappa shape index (κ1) is 18.3. The molecule has 3 rings (SSSR count). The number of hydrogen-bond donors (Lipinski definition) is 2. The molecule has 0 unspecified atom stereocenters. The highest BCUT2D eigenvalue weighted by atomic mass is 19.1. The highest BCUT2D eigenvalue weighted by Gasteiger charge is 2.14. The Balaban J connectivity index is 1.74. The first-order chi connectivity index (χ1) is 12.7. The maximum absolute atomic E-state index is 13.1. The predicted molar refractivity (Wildman–Crippen MR) is 98.8 cm³/mol. The highest BCUT2D eigenvalue weighted by Crippen LogP contribution is 2.16. The molecule has 1 saturated heterocycles. The summed E-state index contributed by atoms with van der Waals surface area (Å²) in [5, 5.41) is 5.90. The van der Waals surface area contributed by atoms with Crippen LogP contribution in [0.4, 0.5) is 10.2 Å². The molecule has 0 atom stereocenters. The molecule has 2 N–H and O–H groups in total. The molecule has 1 amide bonds. The van der Waals surface area contributed by atoms with Gasteiger partial charge in [0.2, 0.25) is 0 Å². The van der Waals surface area contributed by atoms with E-state index in [2.05, 4.69) is 25.5 Å². The summed E-state index contributed by atoms with van der Waals surface area (Å²) in [7, 11) is 1.56. The van der Waals surface area contributed by atoms with Crippen LogP contribution in [0.3, 0.4) is 0 Å². The van der Waals surface area contributed by atoms with Crippen LogP contribution >= 0.6 is 0 Å². The molecule has 0 aliphatic carbocycles. The first-order valence-electron chi connectivity index (χ1n) is 8.94. The SMILES string of the molecule is CNC(=O)c1cnc(NCCN2CCCC2)c(Cc2ccc(F)cc2)n1. The number of carbonyl (C=O) groups is 1. The fraction of sp³-hybridized carbons (Fsp3) is 0.421. The third-order valence-corrected chi connectivity index (χ3v) is 4.51. The molecule has 0 saturated carbocycles. The van der Waals surface area contributed by atoms with Gasteiger partial charge in [-0.1, -0.05) is 12.1 Å². The maximum Gasteiger partial charge on any atom is 0.271 e. The lowest BCUT2D eigenvalue weighted by atomic mass is 10.1. The van der Waals surface area contributed by atoms with Crippen molar-refractivity contribution in [2.24, 2.45) is 0 Å². The lowest BCUT2D eigenvalue weighted by Crippen LogP contribution is -2.27. The van der Waals surface area contributed by atoms with E-state index in [1.807, 2.05) is 0 Å². The fourth-order valence-corrected chi connectivity index (χ4v) is 3.07. The number of halogens is 1. The Hall–Kier alpha value is -2.54. The van der Waals surface area contributed by atoms with Crippen LogP contribution < -0.4 is 10.6 Å². The lowest BCUT2D eigenvalue weighted by molar-refractivity contribution is 0.0957. The molecule has 0 radical (unpaired) electrons. The zero-order chi connectivity index (χ0) is 18.4. The van der Waals surface area contributed by atoms with Crippen LogP contribution in [-0.4, -0.2) is 54.0 Å². The van der Waals surface area contributed by atoms with Gasteiger partial charge in [-0.15, -0.1) is 0 Å². The number of aromatic nitrogens is 2. The zero-order valence-electron chi connectivity index (χ0n) is 15.0. The smallest absolute Gasteiger partial charge is 0.271 e. The van der Waals surface area contributed by atoms with E-state index in [0.717, 1.165) is 31.7 Å². The van der Waals surface area contributed by atoms with E-state index in [4.69, 9.17) is 0 Å². The quantitative estimate of drug-likeness (QED) is 0.794. The Bertz CT molecular complexity index is 744. The average molecular weight is 357 g/mol. The molecule has 0 bridgehead atoms. The molecule has 26 heavy (non-hydrogen) atoms. The van der Waals surface area contributed by atoms with Gasteiger partial charge in [-0.2, -0.15) is 0 Å². The van der Waals surface area contributed by atoms with Gasteiger partial charge >= 0.3 is 0 Å². The van der Waals surface area contributed by atoms with Crippen LogP contribution in [0.25, 0.3) is 0 Å². The number of nitrogens with one attached hydrogen (secondary N) is 2. The normalized spacial score (nSPS) is 14.4. The molecule has 1 aliphatic rings. The summed E-state index contributed by atoms with van der Waals surface area (Å²) in [6.45, 7) is 4.01. The molecular formula is C19H24FN5O. The van der Waals surface area contributed by atoms with E-state index in [0.29, 0.717) is 17.9 Å². The molecule has 138 valence electrons. The van der Waals surface area contributed by atoms with E-state index >= 15 is 0 Å². The highest BCUT2D eigenvalue weighted by molar-refractivity contribution is 5.91. The summed E-state index contributed by atoms with van der Waals surface area (Å²) in [5.41, 5.74) is 1.87. The van der Waals surface area contributed by atoms with E-state index < -0.39 is 0 Å². The van der Waals surface area contributed by atoms with Crippen molar-refractivity contribution >= 4 is 11.7 Å². The number of benzene rings is 1. The minimum Gasteiger partial charge on any atom is -0.367 e. The second-order valence-corrected chi connectivity index (χ2v) is 6.41. The first-order valence-corrected chi connectivity index (χ1v) is 8.94. The summed E-state index contributed by atoms with van der Waals surface area (Å²) in [6.07, 6.45) is 4.47. The predicted octanol–water partition coefficient (Wildman–Crippen LogP) is 2.07. The fourth-order valence-electron chi connectivity index (χ4n) is 3.07. The lowest BCUT2D eigenvalue weighted by Gasteiger charge is -2.16. The van der Waals surface area contributed by atoms with Crippen LogP contribution in [-0.2, 0) is 6.42 Å². The molecule has 1 fully saturated rings. The molecule has 1 aromatic heterocycles. The standard InChI is InChI=1S/C19H24FN5O/c1-21-19(26)17-13-23-18(22-8-11-25-9-2-3-10-25)16(24-17)12-14-4-6-15(20)7-5-14/h4-7,13H,2-3,8-12H2,1H3,(H,21,26)(H,22,23). The van der Waals surface area contributed by atoms with Gasteiger partial charge in [-0.05, 0) is 43.6 Å². The Morgan fingerprint density at radius 2 is 1.96 bits per heavy atom. The van der Waals surface area contributed by atoms with Crippen molar-refractivity contribution in [3.05, 3.63) is 53.2 Å². The summed E-state index contributed by atoms with van der Waals surface area (Å²) >= 11 is 0. The Morgan fingerprint density at radius 1 is 1.23 bits per heavy atom. The van der Waals surface area contributed by atoms with Gasteiger partial charge in [0.1, 0.15) is 17.3 Å². The second kappa shape index (κ2) is 8.71. The number of likely N-dealkylation sites (tertiary alicyclic amines) is 1. The summed E-state index contributed by atoms with van der Waals surface area (Å²) in [5.74, 6) is 0.116. The van der Waals surface area contributed by atoms with Crippen molar-refractivity contribution in [3.63, 3.8) is 0 Å². The number of amides is 1. The largest absolute Gasteiger partial charge is 0.367 e. The number of rotatable bonds is 7. The van der Waals surface area contributed by atoms with Crippen LogP contribution in [0, 0.1) is 5.82 Å². The Morgan fingerprint density at radius 3 is 2.65 bits per heavy atom. The summed E-state index contributed by atoms with van der Waals surface area (Å²) in [6, 6.07) is 6.28. The molecule has 7 heteroatoms. The molecule has 0 spiro atoms. The average Bonchev–Trinajstić information content (AvgIpc) is 3.17. The van der Waals surface area contributed by atoms with Gasteiger partial charge < -0.3 is 15.5 Å². The molecule has 2 aromatic rings. The van der Waals surface area contributed by atoms with Gasteiger partial charge in [0.25, 0.3) is 5.91 Å². The number of nitrogens with zero attached hydrogens (tertiary/aromatic N) is 3. The monoisotopic (exact) mass is 357 g/mol. The van der Waals surface area contributed by atoms with E-state index in [-0.39, 0.29) is 17.4 Å². The zero-order valence-corrected chi connectivity index (χ0v) is 15.0. The second-order valence-electron chi connectivity index (χ2n) is 6.41. The van der Waals surface area contributed by atoms with Crippen LogP contribution in [0.15, 0.2) is 30.5 Å². The van der Waals surface area contributed by atoms with Gasteiger partial charge in [0.15, 0.2) is 0 Å². The van der Waals surface area contributed by atoms with Gasteiger partial charge in [-0.3, -0.25) is 4.79 Å². The van der Waals surface area contributed by atoms with Gasteiger partial charge in [-0.25, -0.2) is 14.4 Å². The Kier molecular flexibility index (Phi) is 6.12. The number of carbonyl (C=O) groups excluding carboxylic acids is 1. The molecule has 6 nitrogen and oxygen atoms in total. The van der Waals surface area contributed by atoms with Crippen molar-refractivity contribution in [2.75, 3.05) is 38.5 Å².